The van der Waals surface area contributed by atoms with E-state index in [9.17, 15) is 9.90 Å². The Hall–Kier alpha value is -3.32. The van der Waals surface area contributed by atoms with E-state index >= 15 is 0 Å². The molecule has 4 aromatic rings. The average Bonchev–Trinajstić information content (AvgIpc) is 3.44. The molecule has 0 radical (unpaired) electrons. The average molecular weight is 423 g/mol. The van der Waals surface area contributed by atoms with Crippen LogP contribution in [-0.4, -0.2) is 27.2 Å². The summed E-state index contributed by atoms with van der Waals surface area (Å²) in [6.45, 7) is 4.25. The molecule has 4 rings (SSSR count). The lowest BCUT2D eigenvalue weighted by Gasteiger charge is -2.07. The summed E-state index contributed by atoms with van der Waals surface area (Å²) >= 11 is 1.57. The Bertz CT molecular complexity index is 1140. The van der Waals surface area contributed by atoms with E-state index in [-0.39, 0.29) is 0 Å². The number of aryl methyl sites for hydroxylation is 2. The van der Waals surface area contributed by atoms with Crippen molar-refractivity contribution in [3.63, 3.8) is 0 Å². The van der Waals surface area contributed by atoms with Gasteiger partial charge < -0.3 is 18.8 Å². The van der Waals surface area contributed by atoms with Gasteiger partial charge >= 0.3 is 5.97 Å². The van der Waals surface area contributed by atoms with E-state index in [0.717, 1.165) is 33.3 Å². The van der Waals surface area contributed by atoms with Crippen LogP contribution in [0.2, 0.25) is 0 Å². The third-order valence-corrected chi connectivity index (χ3v) is 5.71. The van der Waals surface area contributed by atoms with Crippen LogP contribution in [-0.2, 0) is 12.8 Å². The number of hydrogen-bond acceptors (Lipinski definition) is 5. The zero-order valence-corrected chi connectivity index (χ0v) is 17.6. The van der Waals surface area contributed by atoms with E-state index < -0.39 is 5.97 Å². The first-order valence-electron chi connectivity index (χ1n) is 9.62. The number of oxazole rings is 1. The van der Waals surface area contributed by atoms with Gasteiger partial charge in [-0.1, -0.05) is 12.1 Å². The number of ether oxygens (including phenoxy) is 1. The van der Waals surface area contributed by atoms with Crippen molar-refractivity contribution in [1.82, 2.24) is 9.55 Å². The molecule has 154 valence electrons. The predicted molar refractivity (Wildman–Crippen MR) is 115 cm³/mol. The molecule has 3 aromatic heterocycles. The summed E-state index contributed by atoms with van der Waals surface area (Å²) in [4.78, 5) is 16.0. The lowest BCUT2D eigenvalue weighted by atomic mass is 10.0. The minimum absolute atomic E-state index is 0.321. The topological polar surface area (TPSA) is 77.5 Å². The molecule has 1 N–H and O–H groups in total. The molecular weight excluding hydrogens is 400 g/mol. The highest BCUT2D eigenvalue weighted by molar-refractivity contribution is 7.12. The van der Waals surface area contributed by atoms with Gasteiger partial charge in [0.2, 0.25) is 0 Å². The zero-order chi connectivity index (χ0) is 21.1. The molecule has 1 aromatic carbocycles. The number of aromatic nitrogens is 2. The molecule has 0 amide bonds. The van der Waals surface area contributed by atoms with Crippen molar-refractivity contribution in [2.45, 2.75) is 26.7 Å². The molecule has 0 bridgehead atoms. The van der Waals surface area contributed by atoms with Crippen LogP contribution in [0.3, 0.4) is 0 Å². The molecule has 7 heteroatoms. The number of benzene rings is 1. The smallest absolute Gasteiger partial charge is 0.337 e. The van der Waals surface area contributed by atoms with Gasteiger partial charge in [-0.3, -0.25) is 0 Å². The predicted octanol–water partition coefficient (Wildman–Crippen LogP) is 5.05. The van der Waals surface area contributed by atoms with Crippen molar-refractivity contribution in [1.29, 1.82) is 0 Å². The van der Waals surface area contributed by atoms with E-state index in [2.05, 4.69) is 4.98 Å². The number of carboxylic acid groups (broad SMARTS) is 1. The van der Waals surface area contributed by atoms with Crippen LogP contribution >= 0.6 is 11.3 Å². The molecular formula is C23H22N2O4S. The first-order valence-corrected chi connectivity index (χ1v) is 10.5. The van der Waals surface area contributed by atoms with Crippen LogP contribution in [0.5, 0.6) is 5.75 Å². The van der Waals surface area contributed by atoms with Crippen LogP contribution in [0.1, 0.15) is 38.8 Å². The lowest BCUT2D eigenvalue weighted by molar-refractivity contribution is 0.0696. The fraction of sp³-hybridized carbons (Fsp3) is 0.217. The van der Waals surface area contributed by atoms with Crippen LogP contribution in [0.25, 0.3) is 5.00 Å². The zero-order valence-electron chi connectivity index (χ0n) is 16.8. The summed E-state index contributed by atoms with van der Waals surface area (Å²) in [5.41, 5.74) is 3.04. The highest BCUT2D eigenvalue weighted by Gasteiger charge is 2.15. The summed E-state index contributed by atoms with van der Waals surface area (Å²) in [5, 5.41) is 12.5. The summed E-state index contributed by atoms with van der Waals surface area (Å²) < 4.78 is 13.1. The van der Waals surface area contributed by atoms with Gasteiger partial charge in [0.05, 0.1) is 22.9 Å². The van der Waals surface area contributed by atoms with Gasteiger partial charge in [0.1, 0.15) is 11.5 Å². The minimum atomic E-state index is -0.918. The Kier molecular flexibility index (Phi) is 5.72. The number of aromatic carboxylic acids is 1. The molecule has 0 saturated carbocycles. The second kappa shape index (κ2) is 8.59. The maximum Gasteiger partial charge on any atom is 0.337 e. The number of rotatable bonds is 8. The van der Waals surface area contributed by atoms with E-state index in [1.54, 1.807) is 17.5 Å². The van der Waals surface area contributed by atoms with E-state index in [0.29, 0.717) is 30.9 Å². The van der Waals surface area contributed by atoms with Gasteiger partial charge in [0, 0.05) is 25.7 Å². The summed E-state index contributed by atoms with van der Waals surface area (Å²) in [6.07, 6.45) is 4.79. The summed E-state index contributed by atoms with van der Waals surface area (Å²) in [7, 11) is 0. The van der Waals surface area contributed by atoms with Crippen LogP contribution in [0, 0.1) is 13.8 Å². The Morgan fingerprint density at radius 2 is 2.00 bits per heavy atom. The molecule has 0 aliphatic rings. The Labute approximate surface area is 178 Å². The first kappa shape index (κ1) is 20.0. The number of thiophene rings is 1. The quantitative estimate of drug-likeness (QED) is 0.430. The molecule has 0 aliphatic heterocycles. The second-order valence-corrected chi connectivity index (χ2v) is 7.94. The third-order valence-electron chi connectivity index (χ3n) is 4.83. The van der Waals surface area contributed by atoms with Gasteiger partial charge in [0.15, 0.2) is 5.89 Å². The summed E-state index contributed by atoms with van der Waals surface area (Å²) in [5.74, 6) is 1.35. The van der Waals surface area contributed by atoms with Crippen molar-refractivity contribution in [3.8, 4) is 10.8 Å². The number of hydrogen-bond donors (Lipinski definition) is 1. The van der Waals surface area contributed by atoms with Crippen LogP contribution < -0.4 is 4.74 Å². The van der Waals surface area contributed by atoms with Crippen LogP contribution in [0.4, 0.5) is 0 Å². The maximum atomic E-state index is 11.7. The van der Waals surface area contributed by atoms with Gasteiger partial charge in [0.25, 0.3) is 0 Å². The van der Waals surface area contributed by atoms with Crippen molar-refractivity contribution < 1.29 is 19.1 Å². The molecule has 0 spiro atoms. The summed E-state index contributed by atoms with van der Waals surface area (Å²) in [6, 6.07) is 11.7. The number of nitrogens with zero attached hydrogens (tertiary/aromatic N) is 2. The van der Waals surface area contributed by atoms with E-state index in [1.807, 2.05) is 66.4 Å². The SMILES string of the molecule is Cc1nc(CCOc2ccc(Cc3cn(-c4cccs4)cc3C(=O)O)cc2)c(C)o1. The standard InChI is InChI=1S/C23H22N2O4S/c1-15-21(24-16(2)29-15)9-10-28-19-7-5-17(6-8-19)12-18-13-25(14-20(18)23(26)27)22-4-3-11-30-22/h3-8,11,13-14H,9-10,12H2,1-2H3,(H,26,27). The second-order valence-electron chi connectivity index (χ2n) is 7.02. The molecule has 30 heavy (non-hydrogen) atoms. The molecule has 6 nitrogen and oxygen atoms in total. The van der Waals surface area contributed by atoms with Crippen molar-refractivity contribution in [3.05, 3.63) is 88.2 Å². The molecule has 3 heterocycles. The number of carboxylic acids is 1. The fourth-order valence-corrected chi connectivity index (χ4v) is 4.05. The monoisotopic (exact) mass is 422 g/mol. The van der Waals surface area contributed by atoms with Gasteiger partial charge in [-0.05, 0) is 54.1 Å². The fourth-order valence-electron chi connectivity index (χ4n) is 3.37. The first-order chi connectivity index (χ1) is 14.5. The Morgan fingerprint density at radius 1 is 1.20 bits per heavy atom. The highest BCUT2D eigenvalue weighted by Crippen LogP contribution is 2.23. The van der Waals surface area contributed by atoms with Crippen LogP contribution in [0.15, 0.2) is 58.6 Å². The van der Waals surface area contributed by atoms with Crippen molar-refractivity contribution in [2.75, 3.05) is 6.61 Å². The van der Waals surface area contributed by atoms with Gasteiger partial charge in [-0.15, -0.1) is 11.3 Å². The lowest BCUT2D eigenvalue weighted by Crippen LogP contribution is -2.03. The van der Waals surface area contributed by atoms with E-state index in [4.69, 9.17) is 9.15 Å². The van der Waals surface area contributed by atoms with Crippen molar-refractivity contribution >= 4 is 17.3 Å². The maximum absolute atomic E-state index is 11.7. The minimum Gasteiger partial charge on any atom is -0.493 e. The number of carbonyl (C=O) groups is 1. The Morgan fingerprint density at radius 3 is 2.63 bits per heavy atom. The van der Waals surface area contributed by atoms with Crippen molar-refractivity contribution in [2.24, 2.45) is 0 Å². The Balaban J connectivity index is 1.41. The molecule has 0 atom stereocenters. The van der Waals surface area contributed by atoms with Gasteiger partial charge in [-0.25, -0.2) is 9.78 Å². The normalized spacial score (nSPS) is 11.0. The molecule has 0 aliphatic carbocycles. The molecule has 0 saturated heterocycles. The van der Waals surface area contributed by atoms with E-state index in [1.165, 1.54) is 0 Å². The molecule has 0 unspecified atom stereocenters. The van der Waals surface area contributed by atoms with Gasteiger partial charge in [-0.2, -0.15) is 0 Å². The third kappa shape index (κ3) is 4.46. The largest absolute Gasteiger partial charge is 0.493 e. The highest BCUT2D eigenvalue weighted by atomic mass is 32.1. The molecule has 0 fully saturated rings.